The lowest BCUT2D eigenvalue weighted by molar-refractivity contribution is -0.0750. The van der Waals surface area contributed by atoms with E-state index < -0.39 is 11.8 Å². The van der Waals surface area contributed by atoms with Crippen molar-refractivity contribution < 1.29 is 14.6 Å². The van der Waals surface area contributed by atoms with Gasteiger partial charge in [0.05, 0.1) is 0 Å². The summed E-state index contributed by atoms with van der Waals surface area (Å²) in [6.07, 6.45) is 20.0. The van der Waals surface area contributed by atoms with Crippen molar-refractivity contribution in [2.75, 3.05) is 0 Å². The molecule has 0 aliphatic rings. The first-order chi connectivity index (χ1) is 13.6. The minimum Gasteiger partial charge on any atom is -0.450 e. The smallest absolute Gasteiger partial charge is 0.450 e. The third-order valence-corrected chi connectivity index (χ3v) is 6.34. The number of carbonyl (C=O) groups is 1. The molecule has 0 aliphatic carbocycles. The summed E-state index contributed by atoms with van der Waals surface area (Å²) in [5.74, 6) is 0.356. The van der Waals surface area contributed by atoms with Crippen molar-refractivity contribution in [2.24, 2.45) is 5.92 Å². The van der Waals surface area contributed by atoms with Gasteiger partial charge in [0.2, 0.25) is 0 Å². The van der Waals surface area contributed by atoms with Crippen LogP contribution in [0.2, 0.25) is 0 Å². The van der Waals surface area contributed by atoms with Crippen molar-refractivity contribution in [1.29, 1.82) is 0 Å². The SMILES string of the molecule is CCCCCCCCC(CCCCCCCC)(OC(=O)O)C(CC)CCCC. The first kappa shape index (κ1) is 27.3. The molecule has 0 saturated carbocycles. The summed E-state index contributed by atoms with van der Waals surface area (Å²) in [6.45, 7) is 8.91. The Labute approximate surface area is 176 Å². The zero-order valence-electron chi connectivity index (χ0n) is 19.6. The molecule has 0 saturated heterocycles. The van der Waals surface area contributed by atoms with Crippen LogP contribution in [0.3, 0.4) is 0 Å². The molecule has 0 fully saturated rings. The number of rotatable bonds is 20. The van der Waals surface area contributed by atoms with E-state index in [1.165, 1.54) is 64.2 Å². The molecule has 0 aromatic heterocycles. The van der Waals surface area contributed by atoms with Gasteiger partial charge >= 0.3 is 6.16 Å². The molecule has 0 aliphatic heterocycles. The molecule has 0 radical (unpaired) electrons. The predicted octanol–water partition coefficient (Wildman–Crippen LogP) is 9.14. The van der Waals surface area contributed by atoms with Gasteiger partial charge in [0, 0.05) is 0 Å². The number of carboxylic acid groups (broad SMARTS) is 1. The van der Waals surface area contributed by atoms with E-state index in [4.69, 9.17) is 4.74 Å². The van der Waals surface area contributed by atoms with Gasteiger partial charge in [0.1, 0.15) is 5.60 Å². The minimum atomic E-state index is -1.08. The fourth-order valence-corrected chi connectivity index (χ4v) is 4.59. The van der Waals surface area contributed by atoms with Crippen LogP contribution in [-0.2, 0) is 4.74 Å². The second kappa shape index (κ2) is 18.3. The predicted molar refractivity (Wildman–Crippen MR) is 121 cm³/mol. The van der Waals surface area contributed by atoms with Gasteiger partial charge in [0.25, 0.3) is 0 Å². The van der Waals surface area contributed by atoms with Crippen molar-refractivity contribution in [3.63, 3.8) is 0 Å². The molecule has 1 atom stereocenters. The second-order valence-electron chi connectivity index (χ2n) is 8.72. The molecule has 168 valence electrons. The van der Waals surface area contributed by atoms with Gasteiger partial charge in [-0.1, -0.05) is 105 Å². The Balaban J connectivity index is 4.95. The van der Waals surface area contributed by atoms with Crippen LogP contribution in [-0.4, -0.2) is 16.9 Å². The monoisotopic (exact) mass is 398 g/mol. The molecular weight excluding hydrogens is 348 g/mol. The van der Waals surface area contributed by atoms with Gasteiger partial charge in [0.15, 0.2) is 0 Å². The van der Waals surface area contributed by atoms with Crippen molar-refractivity contribution in [3.8, 4) is 0 Å². The fraction of sp³-hybridized carbons (Fsp3) is 0.960. The van der Waals surface area contributed by atoms with Crippen LogP contribution >= 0.6 is 0 Å². The van der Waals surface area contributed by atoms with E-state index in [2.05, 4.69) is 27.7 Å². The largest absolute Gasteiger partial charge is 0.506 e. The average molecular weight is 399 g/mol. The van der Waals surface area contributed by atoms with Crippen LogP contribution in [0.25, 0.3) is 0 Å². The maximum Gasteiger partial charge on any atom is 0.506 e. The number of hydrogen-bond acceptors (Lipinski definition) is 2. The third kappa shape index (κ3) is 12.7. The van der Waals surface area contributed by atoms with Crippen LogP contribution in [0.4, 0.5) is 4.79 Å². The molecule has 0 aromatic carbocycles. The molecule has 3 heteroatoms. The lowest BCUT2D eigenvalue weighted by atomic mass is 9.75. The first-order valence-corrected chi connectivity index (χ1v) is 12.5. The van der Waals surface area contributed by atoms with Gasteiger partial charge < -0.3 is 9.84 Å². The Bertz CT molecular complexity index is 338. The lowest BCUT2D eigenvalue weighted by Gasteiger charge is -2.40. The third-order valence-electron chi connectivity index (χ3n) is 6.34. The van der Waals surface area contributed by atoms with Crippen molar-refractivity contribution in [1.82, 2.24) is 0 Å². The topological polar surface area (TPSA) is 46.5 Å². The molecule has 0 heterocycles. The Hall–Kier alpha value is -0.730. The number of unbranched alkanes of at least 4 members (excludes halogenated alkanes) is 11. The fourth-order valence-electron chi connectivity index (χ4n) is 4.59. The molecule has 1 N–H and O–H groups in total. The molecule has 28 heavy (non-hydrogen) atoms. The maximum atomic E-state index is 11.6. The van der Waals surface area contributed by atoms with E-state index in [1.807, 2.05) is 0 Å². The lowest BCUT2D eigenvalue weighted by Crippen LogP contribution is -2.42. The van der Waals surface area contributed by atoms with E-state index in [0.29, 0.717) is 5.92 Å². The molecular formula is C25H50O3. The normalized spacial score (nSPS) is 12.9. The van der Waals surface area contributed by atoms with E-state index in [9.17, 15) is 9.90 Å². The van der Waals surface area contributed by atoms with Crippen molar-refractivity contribution >= 4 is 6.16 Å². The molecule has 1 unspecified atom stereocenters. The first-order valence-electron chi connectivity index (χ1n) is 12.5. The summed E-state index contributed by atoms with van der Waals surface area (Å²) in [5, 5.41) is 9.54. The quantitative estimate of drug-likeness (QED) is 0.164. The highest BCUT2D eigenvalue weighted by Gasteiger charge is 2.40. The summed E-state index contributed by atoms with van der Waals surface area (Å²) < 4.78 is 5.76. The summed E-state index contributed by atoms with van der Waals surface area (Å²) in [5.41, 5.74) is -0.467. The standard InChI is InChI=1S/C25H50O3/c1-5-9-12-14-16-18-21-25(28-24(26)27,23(8-4)20-11-7-3)22-19-17-15-13-10-6-2/h23H,5-22H2,1-4H3,(H,26,27). The zero-order valence-corrected chi connectivity index (χ0v) is 19.6. The highest BCUT2D eigenvalue weighted by Crippen LogP contribution is 2.39. The van der Waals surface area contributed by atoms with Crippen LogP contribution in [0.1, 0.15) is 143 Å². The highest BCUT2D eigenvalue weighted by atomic mass is 16.7. The van der Waals surface area contributed by atoms with Crippen molar-refractivity contribution in [3.05, 3.63) is 0 Å². The Kier molecular flexibility index (Phi) is 17.8. The van der Waals surface area contributed by atoms with Crippen LogP contribution < -0.4 is 0 Å². The van der Waals surface area contributed by atoms with Crippen LogP contribution in [0, 0.1) is 5.92 Å². The second-order valence-corrected chi connectivity index (χ2v) is 8.72. The van der Waals surface area contributed by atoms with Gasteiger partial charge in [-0.3, -0.25) is 0 Å². The van der Waals surface area contributed by atoms with Gasteiger partial charge in [-0.15, -0.1) is 0 Å². The summed E-state index contributed by atoms with van der Waals surface area (Å²) in [7, 11) is 0. The average Bonchev–Trinajstić information content (AvgIpc) is 2.67. The van der Waals surface area contributed by atoms with Crippen LogP contribution in [0.5, 0.6) is 0 Å². The Morgan fingerprint density at radius 3 is 1.54 bits per heavy atom. The molecule has 0 amide bonds. The number of hydrogen-bond donors (Lipinski definition) is 1. The maximum absolute atomic E-state index is 11.6. The van der Waals surface area contributed by atoms with E-state index in [-0.39, 0.29) is 0 Å². The summed E-state index contributed by atoms with van der Waals surface area (Å²) in [4.78, 5) is 11.6. The molecule has 3 nitrogen and oxygen atoms in total. The van der Waals surface area contributed by atoms with E-state index >= 15 is 0 Å². The molecule has 0 rings (SSSR count). The van der Waals surface area contributed by atoms with E-state index in [1.54, 1.807) is 0 Å². The van der Waals surface area contributed by atoms with Gasteiger partial charge in [-0.05, 0) is 44.4 Å². The summed E-state index contributed by atoms with van der Waals surface area (Å²) in [6, 6.07) is 0. The van der Waals surface area contributed by atoms with Gasteiger partial charge in [-0.25, -0.2) is 4.79 Å². The minimum absolute atomic E-state index is 0.356. The van der Waals surface area contributed by atoms with Crippen molar-refractivity contribution in [2.45, 2.75) is 149 Å². The molecule has 0 aromatic rings. The number of ether oxygens (including phenoxy) is 1. The Morgan fingerprint density at radius 1 is 0.714 bits per heavy atom. The highest BCUT2D eigenvalue weighted by molar-refractivity contribution is 5.57. The van der Waals surface area contributed by atoms with Gasteiger partial charge in [-0.2, -0.15) is 0 Å². The zero-order chi connectivity index (χ0) is 21.1. The molecule has 0 bridgehead atoms. The molecule has 0 spiro atoms. The summed E-state index contributed by atoms with van der Waals surface area (Å²) >= 11 is 0. The Morgan fingerprint density at radius 2 is 1.14 bits per heavy atom. The van der Waals surface area contributed by atoms with Crippen LogP contribution in [0.15, 0.2) is 0 Å². The van der Waals surface area contributed by atoms with E-state index in [0.717, 1.165) is 51.4 Å².